The summed E-state index contributed by atoms with van der Waals surface area (Å²) in [4.78, 5) is 28.3. The van der Waals surface area contributed by atoms with Crippen LogP contribution < -0.4 is 29.6 Å². The molecular weight excluding hydrogens is 382 g/mol. The van der Waals surface area contributed by atoms with Crippen molar-refractivity contribution in [1.82, 2.24) is 0 Å². The van der Waals surface area contributed by atoms with Crippen LogP contribution in [0.2, 0.25) is 0 Å². The molecule has 0 fully saturated rings. The molecule has 120 valence electrons. The monoisotopic (exact) mass is 400 g/mol. The van der Waals surface area contributed by atoms with Gasteiger partial charge in [0.2, 0.25) is 0 Å². The number of carboxylic acid groups (broad SMARTS) is 3. The second-order valence-electron chi connectivity index (χ2n) is 3.04. The molecule has 0 aliphatic heterocycles. The van der Waals surface area contributed by atoms with E-state index >= 15 is 0 Å². The zero-order valence-electron chi connectivity index (χ0n) is 12.1. The minimum absolute atomic E-state index is 0. The third-order valence-electron chi connectivity index (χ3n) is 1.07. The fourth-order valence-corrected chi connectivity index (χ4v) is 0. The Hall–Kier alpha value is 0.133. The van der Waals surface area contributed by atoms with Crippen LogP contribution in [0.1, 0.15) is 20.8 Å². The molecule has 0 amide bonds. The van der Waals surface area contributed by atoms with Gasteiger partial charge in [0.15, 0.2) is 0 Å². The molecule has 0 heterocycles. The van der Waals surface area contributed by atoms with E-state index in [1.165, 1.54) is 20.8 Å². The van der Waals surface area contributed by atoms with Crippen molar-refractivity contribution in [3.8, 4) is 0 Å². The van der Waals surface area contributed by atoms with Gasteiger partial charge in [0.1, 0.15) is 18.3 Å². The van der Waals surface area contributed by atoms with Crippen LogP contribution in [0.25, 0.3) is 0 Å². The van der Waals surface area contributed by atoms with E-state index in [0.29, 0.717) is 0 Å². The predicted molar refractivity (Wildman–Crippen MR) is 59.9 cm³/mol. The molecular formula is C9H19NaO10Zr. The molecule has 0 saturated carbocycles. The van der Waals surface area contributed by atoms with Crippen molar-refractivity contribution < 1.29 is 106 Å². The molecule has 0 radical (unpaired) electrons. The van der Waals surface area contributed by atoms with Gasteiger partial charge < -0.3 is 36.1 Å². The minimum atomic E-state index is -1.23. The molecule has 3 unspecified atom stereocenters. The van der Waals surface area contributed by atoms with Crippen molar-refractivity contribution >= 4 is 17.9 Å². The van der Waals surface area contributed by atoms with Crippen LogP contribution in [-0.2, 0) is 40.6 Å². The Kier molecular flexibility index (Phi) is 39.9. The number of carboxylic acids is 3. The molecule has 0 spiro atoms. The van der Waals surface area contributed by atoms with Crippen LogP contribution in [0, 0.1) is 0 Å². The van der Waals surface area contributed by atoms with Crippen molar-refractivity contribution in [3.05, 3.63) is 0 Å². The zero-order valence-corrected chi connectivity index (χ0v) is 16.5. The van der Waals surface area contributed by atoms with Crippen molar-refractivity contribution in [2.24, 2.45) is 0 Å². The summed E-state index contributed by atoms with van der Waals surface area (Å²) in [6.07, 6.45) is -3.69. The number of aliphatic carboxylic acids is 3. The number of hydrogen-bond donors (Lipinski definition) is 6. The Morgan fingerprint density at radius 3 is 0.714 bits per heavy atom. The van der Waals surface area contributed by atoms with E-state index in [0.717, 1.165) is 0 Å². The number of rotatable bonds is 3. The quantitative estimate of drug-likeness (QED) is 0.249. The average molecular weight is 401 g/mol. The van der Waals surface area contributed by atoms with Crippen LogP contribution in [0.15, 0.2) is 0 Å². The molecule has 0 aliphatic rings. The van der Waals surface area contributed by atoms with Crippen molar-refractivity contribution in [2.45, 2.75) is 39.1 Å². The Bertz CT molecular complexity index is 226. The summed E-state index contributed by atoms with van der Waals surface area (Å²) in [5, 5.41) is 47.3. The van der Waals surface area contributed by atoms with Gasteiger partial charge in [0.05, 0.1) is 0 Å². The summed E-state index contributed by atoms with van der Waals surface area (Å²) in [7, 11) is 0. The Morgan fingerprint density at radius 2 is 0.714 bits per heavy atom. The molecule has 0 aliphatic carbocycles. The molecule has 0 saturated heterocycles. The second-order valence-corrected chi connectivity index (χ2v) is 3.04. The molecule has 0 aromatic rings. The normalized spacial score (nSPS) is 11.7. The summed E-state index contributed by atoms with van der Waals surface area (Å²) >= 11 is 0. The molecule has 21 heavy (non-hydrogen) atoms. The molecule has 7 N–H and O–H groups in total. The maximum atomic E-state index is 9.45. The standard InChI is InChI=1S/3C3H6O3.Na.H2O.Zr/c3*1-2(4)3(5)6;;;/h3*2,4H,1H3,(H,5,6);;1H2;/q;;;+1;;/p-1. The molecule has 0 aromatic heterocycles. The van der Waals surface area contributed by atoms with Gasteiger partial charge in [-0.1, -0.05) is 0 Å². The van der Waals surface area contributed by atoms with Crippen LogP contribution >= 0.6 is 0 Å². The first-order chi connectivity index (χ1) is 7.93. The number of carbonyl (C=O) groups is 3. The van der Waals surface area contributed by atoms with Crippen LogP contribution in [-0.4, -0.2) is 72.3 Å². The van der Waals surface area contributed by atoms with Gasteiger partial charge in [0.25, 0.3) is 0 Å². The van der Waals surface area contributed by atoms with E-state index in [4.69, 9.17) is 30.6 Å². The van der Waals surface area contributed by atoms with Gasteiger partial charge >= 0.3 is 47.5 Å². The van der Waals surface area contributed by atoms with Crippen LogP contribution in [0.5, 0.6) is 0 Å². The van der Waals surface area contributed by atoms with Gasteiger partial charge in [0, 0.05) is 26.2 Å². The summed E-state index contributed by atoms with van der Waals surface area (Å²) in [5.41, 5.74) is 0. The van der Waals surface area contributed by atoms with E-state index in [2.05, 4.69) is 0 Å². The minimum Gasteiger partial charge on any atom is -0.870 e. The molecule has 10 nitrogen and oxygen atoms in total. The summed E-state index contributed by atoms with van der Waals surface area (Å²) in [6, 6.07) is 0. The third-order valence-corrected chi connectivity index (χ3v) is 1.07. The average Bonchev–Trinajstić information content (AvgIpc) is 2.18. The molecule has 3 atom stereocenters. The first kappa shape index (κ1) is 37.4. The Morgan fingerprint density at radius 1 is 0.667 bits per heavy atom. The molecule has 0 rings (SSSR count). The zero-order chi connectivity index (χ0) is 15.5. The first-order valence-electron chi connectivity index (χ1n) is 4.66. The Labute approximate surface area is 162 Å². The summed E-state index contributed by atoms with van der Waals surface area (Å²) < 4.78 is 0. The molecule has 0 bridgehead atoms. The van der Waals surface area contributed by atoms with Gasteiger partial charge in [-0.15, -0.1) is 0 Å². The van der Waals surface area contributed by atoms with Gasteiger partial charge in [-0.3, -0.25) is 0 Å². The summed E-state index contributed by atoms with van der Waals surface area (Å²) in [5.74, 6) is -3.56. The number of hydrogen-bond acceptors (Lipinski definition) is 7. The van der Waals surface area contributed by atoms with E-state index in [-0.39, 0.29) is 61.2 Å². The number of aliphatic hydroxyl groups excluding tert-OH is 3. The smallest absolute Gasteiger partial charge is 0.870 e. The van der Waals surface area contributed by atoms with Crippen LogP contribution in [0.4, 0.5) is 0 Å². The van der Waals surface area contributed by atoms with Gasteiger partial charge in [-0.25, -0.2) is 14.4 Å². The SMILES string of the molecule is CC(O)C(=O)O.CC(O)C(=O)O.CC(O)C(=O)O.[Na+].[OH-].[Zr]. The van der Waals surface area contributed by atoms with E-state index < -0.39 is 36.2 Å². The fraction of sp³-hybridized carbons (Fsp3) is 0.667. The van der Waals surface area contributed by atoms with E-state index in [1.54, 1.807) is 0 Å². The number of aliphatic hydroxyl groups is 3. The predicted octanol–water partition coefficient (Wildman–Crippen LogP) is -4.82. The topological polar surface area (TPSA) is 203 Å². The van der Waals surface area contributed by atoms with Gasteiger partial charge in [-0.2, -0.15) is 0 Å². The van der Waals surface area contributed by atoms with Gasteiger partial charge in [-0.05, 0) is 20.8 Å². The van der Waals surface area contributed by atoms with Crippen molar-refractivity contribution in [3.63, 3.8) is 0 Å². The van der Waals surface area contributed by atoms with E-state index in [1.807, 2.05) is 0 Å². The van der Waals surface area contributed by atoms with Crippen LogP contribution in [0.3, 0.4) is 0 Å². The third kappa shape index (κ3) is 45.0. The summed E-state index contributed by atoms with van der Waals surface area (Å²) in [6.45, 7) is 3.59. The van der Waals surface area contributed by atoms with Crippen molar-refractivity contribution in [2.75, 3.05) is 0 Å². The molecule has 12 heteroatoms. The van der Waals surface area contributed by atoms with Crippen molar-refractivity contribution in [1.29, 1.82) is 0 Å². The maximum absolute atomic E-state index is 9.45. The molecule has 0 aromatic carbocycles. The fourth-order valence-electron chi connectivity index (χ4n) is 0. The second kappa shape index (κ2) is 22.4. The van der Waals surface area contributed by atoms with E-state index in [9.17, 15) is 14.4 Å². The maximum Gasteiger partial charge on any atom is 1.00 e. The largest absolute Gasteiger partial charge is 1.00 e. The Balaban J connectivity index is -0.0000000375. The first-order valence-corrected chi connectivity index (χ1v) is 4.66.